The summed E-state index contributed by atoms with van der Waals surface area (Å²) in [6, 6.07) is 6.23. The molecular formula is C13H15FN2O2. The normalized spacial score (nSPS) is 11.5. The Hall–Kier alpha value is -2.09. The summed E-state index contributed by atoms with van der Waals surface area (Å²) in [5.74, 6) is -1.24. The van der Waals surface area contributed by atoms with E-state index in [0.717, 1.165) is 0 Å². The zero-order valence-corrected chi connectivity index (χ0v) is 10.6. The lowest BCUT2D eigenvalue weighted by atomic mass is 10.1. The molecular weight excluding hydrogens is 235 g/mol. The molecule has 0 aliphatic carbocycles. The van der Waals surface area contributed by atoms with Crippen LogP contribution in [0.4, 0.5) is 4.39 Å². The van der Waals surface area contributed by atoms with Gasteiger partial charge >= 0.3 is 0 Å². The third-order valence-corrected chi connectivity index (χ3v) is 2.52. The van der Waals surface area contributed by atoms with Crippen molar-refractivity contribution in [3.63, 3.8) is 0 Å². The summed E-state index contributed by atoms with van der Waals surface area (Å²) < 4.78 is 18.7. The van der Waals surface area contributed by atoms with Crippen LogP contribution in [-0.2, 0) is 0 Å². The number of ether oxygens (including phenoxy) is 1. The first-order valence-corrected chi connectivity index (χ1v) is 5.48. The van der Waals surface area contributed by atoms with E-state index in [1.165, 1.54) is 37.3 Å². The molecule has 1 rings (SSSR count). The van der Waals surface area contributed by atoms with E-state index < -0.39 is 11.7 Å². The monoisotopic (exact) mass is 250 g/mol. The summed E-state index contributed by atoms with van der Waals surface area (Å²) in [6.45, 7) is 1.94. The summed E-state index contributed by atoms with van der Waals surface area (Å²) in [4.78, 5) is 13.4. The molecule has 0 aromatic heterocycles. The summed E-state index contributed by atoms with van der Waals surface area (Å²) >= 11 is 0. The van der Waals surface area contributed by atoms with Crippen LogP contribution in [0.25, 0.3) is 0 Å². The van der Waals surface area contributed by atoms with Gasteiger partial charge < -0.3 is 9.64 Å². The van der Waals surface area contributed by atoms with Gasteiger partial charge in [-0.1, -0.05) is 6.07 Å². The lowest BCUT2D eigenvalue weighted by molar-refractivity contribution is 0.0777. The van der Waals surface area contributed by atoms with Crippen molar-refractivity contribution in [3.05, 3.63) is 29.6 Å². The molecule has 0 aliphatic heterocycles. The van der Waals surface area contributed by atoms with Crippen LogP contribution in [0, 0.1) is 23.1 Å². The van der Waals surface area contributed by atoms with E-state index in [9.17, 15) is 9.18 Å². The molecule has 0 radical (unpaired) electrons. The molecule has 0 bridgehead atoms. The van der Waals surface area contributed by atoms with Crippen molar-refractivity contribution >= 4 is 5.91 Å². The van der Waals surface area contributed by atoms with E-state index in [1.54, 1.807) is 6.92 Å². The number of carbonyl (C=O) groups is 1. The minimum absolute atomic E-state index is 0.104. The van der Waals surface area contributed by atoms with Gasteiger partial charge in [0.2, 0.25) is 0 Å². The average molecular weight is 250 g/mol. The maximum Gasteiger partial charge on any atom is 0.260 e. The molecule has 96 valence electrons. The number of benzene rings is 1. The number of amides is 1. The molecule has 1 aromatic carbocycles. The van der Waals surface area contributed by atoms with Gasteiger partial charge in [0.25, 0.3) is 5.91 Å². The highest BCUT2D eigenvalue weighted by Crippen LogP contribution is 2.22. The fourth-order valence-corrected chi connectivity index (χ4v) is 1.61. The number of hydrogen-bond acceptors (Lipinski definition) is 3. The first-order valence-electron chi connectivity index (χ1n) is 5.48. The third-order valence-electron chi connectivity index (χ3n) is 2.52. The number of nitriles is 1. The fourth-order valence-electron chi connectivity index (χ4n) is 1.61. The smallest absolute Gasteiger partial charge is 0.260 e. The van der Waals surface area contributed by atoms with E-state index in [2.05, 4.69) is 0 Å². The van der Waals surface area contributed by atoms with Crippen LogP contribution < -0.4 is 4.74 Å². The second-order valence-electron chi connectivity index (χ2n) is 4.03. The first kappa shape index (κ1) is 14.0. The maximum atomic E-state index is 13.7. The van der Waals surface area contributed by atoms with Gasteiger partial charge in [-0.2, -0.15) is 5.26 Å². The zero-order chi connectivity index (χ0) is 13.7. The lowest BCUT2D eigenvalue weighted by Crippen LogP contribution is -2.31. The van der Waals surface area contributed by atoms with E-state index in [1.807, 2.05) is 6.07 Å². The quantitative estimate of drug-likeness (QED) is 0.822. The minimum Gasteiger partial charge on any atom is -0.496 e. The molecule has 0 heterocycles. The molecule has 0 aliphatic rings. The summed E-state index contributed by atoms with van der Waals surface area (Å²) in [5, 5.41) is 8.70. The summed E-state index contributed by atoms with van der Waals surface area (Å²) in [7, 11) is 2.91. The SMILES string of the molecule is COc1cccc(F)c1C(=O)N(C)CC(C)C#N. The van der Waals surface area contributed by atoms with Crippen LogP contribution >= 0.6 is 0 Å². The molecule has 0 fully saturated rings. The van der Waals surface area contributed by atoms with Crippen LogP contribution in [-0.4, -0.2) is 31.5 Å². The number of halogens is 1. The molecule has 1 amide bonds. The number of rotatable bonds is 4. The maximum absolute atomic E-state index is 13.7. The molecule has 0 N–H and O–H groups in total. The zero-order valence-electron chi connectivity index (χ0n) is 10.6. The van der Waals surface area contributed by atoms with Gasteiger partial charge in [0.15, 0.2) is 0 Å². The Bertz CT molecular complexity index is 482. The van der Waals surface area contributed by atoms with E-state index in [4.69, 9.17) is 10.00 Å². The molecule has 0 spiro atoms. The van der Waals surface area contributed by atoms with Crippen molar-refractivity contribution in [2.75, 3.05) is 20.7 Å². The Morgan fingerprint density at radius 1 is 1.61 bits per heavy atom. The molecule has 0 saturated carbocycles. The first-order chi connectivity index (χ1) is 8.51. The highest BCUT2D eigenvalue weighted by atomic mass is 19.1. The Labute approximate surface area is 106 Å². The molecule has 4 nitrogen and oxygen atoms in total. The number of carbonyl (C=O) groups excluding carboxylic acids is 1. The standard InChI is InChI=1S/C13H15FN2O2/c1-9(7-15)8-16(2)13(17)12-10(14)5-4-6-11(12)18-3/h4-6,9H,8H2,1-3H3. The molecule has 1 unspecified atom stereocenters. The second-order valence-corrected chi connectivity index (χ2v) is 4.03. The van der Waals surface area contributed by atoms with Gasteiger partial charge in [0.1, 0.15) is 17.1 Å². The third kappa shape index (κ3) is 2.98. The summed E-state index contributed by atoms with van der Waals surface area (Å²) in [5.41, 5.74) is -0.104. The van der Waals surface area contributed by atoms with Crippen molar-refractivity contribution in [2.24, 2.45) is 5.92 Å². The van der Waals surface area contributed by atoms with Crippen molar-refractivity contribution in [1.29, 1.82) is 5.26 Å². The van der Waals surface area contributed by atoms with Gasteiger partial charge in [-0.3, -0.25) is 4.79 Å². The van der Waals surface area contributed by atoms with Crippen LogP contribution in [0.3, 0.4) is 0 Å². The van der Waals surface area contributed by atoms with Gasteiger partial charge in [-0.25, -0.2) is 4.39 Å². The second kappa shape index (κ2) is 6.01. The van der Waals surface area contributed by atoms with Gasteiger partial charge in [-0.05, 0) is 19.1 Å². The number of nitrogens with zero attached hydrogens (tertiary/aromatic N) is 2. The molecule has 18 heavy (non-hydrogen) atoms. The van der Waals surface area contributed by atoms with Crippen LogP contribution in [0.5, 0.6) is 5.75 Å². The molecule has 5 heteroatoms. The van der Waals surface area contributed by atoms with E-state index in [0.29, 0.717) is 0 Å². The highest BCUT2D eigenvalue weighted by Gasteiger charge is 2.21. The number of methoxy groups -OCH3 is 1. The summed E-state index contributed by atoms with van der Waals surface area (Å²) in [6.07, 6.45) is 0. The predicted molar refractivity (Wildman–Crippen MR) is 64.7 cm³/mol. The van der Waals surface area contributed by atoms with Gasteiger partial charge in [-0.15, -0.1) is 0 Å². The Kier molecular flexibility index (Phi) is 4.67. The Balaban J connectivity index is 3.00. The van der Waals surface area contributed by atoms with Gasteiger partial charge in [0, 0.05) is 13.6 Å². The Morgan fingerprint density at radius 3 is 2.83 bits per heavy atom. The molecule has 1 atom stereocenters. The van der Waals surface area contributed by atoms with Crippen molar-refractivity contribution in [3.8, 4) is 11.8 Å². The topological polar surface area (TPSA) is 53.3 Å². The van der Waals surface area contributed by atoms with Crippen molar-refractivity contribution < 1.29 is 13.9 Å². The van der Waals surface area contributed by atoms with Crippen molar-refractivity contribution in [1.82, 2.24) is 4.90 Å². The number of hydrogen-bond donors (Lipinski definition) is 0. The predicted octanol–water partition coefficient (Wildman–Crippen LogP) is 2.07. The largest absolute Gasteiger partial charge is 0.496 e. The molecule has 0 saturated heterocycles. The van der Waals surface area contributed by atoms with Crippen LogP contribution in [0.1, 0.15) is 17.3 Å². The van der Waals surface area contributed by atoms with Gasteiger partial charge in [0.05, 0.1) is 19.1 Å². The van der Waals surface area contributed by atoms with Crippen LogP contribution in [0.2, 0.25) is 0 Å². The molecule has 1 aromatic rings. The van der Waals surface area contributed by atoms with Crippen LogP contribution in [0.15, 0.2) is 18.2 Å². The fraction of sp³-hybridized carbons (Fsp3) is 0.385. The van der Waals surface area contributed by atoms with E-state index >= 15 is 0 Å². The van der Waals surface area contributed by atoms with E-state index in [-0.39, 0.29) is 23.8 Å². The highest BCUT2D eigenvalue weighted by molar-refractivity contribution is 5.97. The lowest BCUT2D eigenvalue weighted by Gasteiger charge is -2.19. The average Bonchev–Trinajstić information content (AvgIpc) is 2.37. The van der Waals surface area contributed by atoms with Crippen molar-refractivity contribution in [2.45, 2.75) is 6.92 Å². The minimum atomic E-state index is -0.629. The Morgan fingerprint density at radius 2 is 2.28 bits per heavy atom.